The largest absolute Gasteiger partial charge is 0.512 e. The van der Waals surface area contributed by atoms with Gasteiger partial charge in [0.1, 0.15) is 24.0 Å². The van der Waals surface area contributed by atoms with E-state index < -0.39 is 0 Å². The lowest BCUT2D eigenvalue weighted by atomic mass is 10.1. The van der Waals surface area contributed by atoms with Crippen molar-refractivity contribution in [2.75, 3.05) is 0 Å². The van der Waals surface area contributed by atoms with E-state index in [0.717, 1.165) is 38.2 Å². The molecule has 0 radical (unpaired) electrons. The average Bonchev–Trinajstić information content (AvgIpc) is 2.64. The predicted octanol–water partition coefficient (Wildman–Crippen LogP) is 8.08. The molecule has 0 unspecified atom stereocenters. The normalized spacial score (nSPS) is 12.6. The maximum Gasteiger partial charge on any atom is 0.138 e. The Morgan fingerprint density at radius 2 is 0.880 bits per heavy atom. The van der Waals surface area contributed by atoms with E-state index in [2.05, 4.69) is 13.8 Å². The topological polar surface area (TPSA) is 49.7 Å². The lowest BCUT2D eigenvalue weighted by molar-refractivity contribution is 0.237. The molecule has 0 heterocycles. The quantitative estimate of drug-likeness (QED) is 0.193. The summed E-state index contributed by atoms with van der Waals surface area (Å²) < 4.78 is 5.66. The van der Waals surface area contributed by atoms with E-state index in [-0.39, 0.29) is 0 Å². The molecule has 0 saturated carbocycles. The van der Waals surface area contributed by atoms with E-state index >= 15 is 0 Å². The maximum absolute atomic E-state index is 9.34. The van der Waals surface area contributed by atoms with Gasteiger partial charge in [-0.05, 0) is 12.8 Å². The highest BCUT2D eigenvalue weighted by Gasteiger charge is 2.05. The smallest absolute Gasteiger partial charge is 0.138 e. The van der Waals surface area contributed by atoms with E-state index in [9.17, 15) is 10.2 Å². The highest BCUT2D eigenvalue weighted by molar-refractivity contribution is 4.97. The van der Waals surface area contributed by atoms with Gasteiger partial charge >= 0.3 is 0 Å². The summed E-state index contributed by atoms with van der Waals surface area (Å²) in [6.07, 6.45) is 20.9. The third kappa shape index (κ3) is 16.1. The van der Waals surface area contributed by atoms with Crippen LogP contribution in [0, 0.1) is 0 Å². The van der Waals surface area contributed by atoms with Crippen molar-refractivity contribution in [2.45, 2.75) is 117 Å². The van der Waals surface area contributed by atoms with Gasteiger partial charge in [-0.2, -0.15) is 0 Å². The lowest BCUT2D eigenvalue weighted by Crippen LogP contribution is -1.96. The van der Waals surface area contributed by atoms with Crippen LogP contribution >= 0.6 is 0 Å². The Kier molecular flexibility index (Phi) is 18.3. The third-order valence-electron chi connectivity index (χ3n) is 4.60. The summed E-state index contributed by atoms with van der Waals surface area (Å²) in [4.78, 5) is 0. The van der Waals surface area contributed by atoms with Crippen LogP contribution in [-0.4, -0.2) is 10.2 Å². The molecule has 0 rings (SSSR count). The van der Waals surface area contributed by atoms with Crippen molar-refractivity contribution in [3.63, 3.8) is 0 Å². The minimum absolute atomic E-state index is 0.566. The van der Waals surface area contributed by atoms with E-state index in [0.29, 0.717) is 11.5 Å². The zero-order valence-corrected chi connectivity index (χ0v) is 16.8. The molecule has 0 aliphatic heterocycles. The van der Waals surface area contributed by atoms with Crippen LogP contribution in [0.5, 0.6) is 0 Å². The first kappa shape index (κ1) is 23.9. The number of rotatable bonds is 18. The first-order valence-electron chi connectivity index (χ1n) is 10.6. The van der Waals surface area contributed by atoms with Gasteiger partial charge in [-0.3, -0.25) is 0 Å². The van der Waals surface area contributed by atoms with Gasteiger partial charge in [-0.1, -0.05) is 90.9 Å². The highest BCUT2D eigenvalue weighted by atomic mass is 16.5. The molecule has 2 N–H and O–H groups in total. The summed E-state index contributed by atoms with van der Waals surface area (Å²) in [5.74, 6) is 1.13. The van der Waals surface area contributed by atoms with Crippen molar-refractivity contribution in [1.29, 1.82) is 0 Å². The molecule has 0 atom stereocenters. The van der Waals surface area contributed by atoms with Crippen molar-refractivity contribution in [2.24, 2.45) is 0 Å². The van der Waals surface area contributed by atoms with E-state index in [1.807, 2.05) is 0 Å². The van der Waals surface area contributed by atoms with Crippen LogP contribution in [0.3, 0.4) is 0 Å². The molecule has 0 aliphatic rings. The molecular formula is C22H42O3. The molecule has 0 amide bonds. The summed E-state index contributed by atoms with van der Waals surface area (Å²) in [5, 5.41) is 18.7. The molecule has 3 heteroatoms. The first-order valence-corrected chi connectivity index (χ1v) is 10.6. The van der Waals surface area contributed by atoms with Crippen molar-refractivity contribution < 1.29 is 14.9 Å². The Balaban J connectivity index is 3.76. The fourth-order valence-electron chi connectivity index (χ4n) is 2.96. The van der Waals surface area contributed by atoms with Crippen LogP contribution in [0.15, 0.2) is 24.0 Å². The molecule has 0 aliphatic carbocycles. The average molecular weight is 355 g/mol. The molecular weight excluding hydrogens is 312 g/mol. The second-order valence-corrected chi connectivity index (χ2v) is 7.04. The number of allylic oxidation sites excluding steroid dienone is 2. The summed E-state index contributed by atoms with van der Waals surface area (Å²) in [7, 11) is 0. The van der Waals surface area contributed by atoms with Gasteiger partial charge in [-0.15, -0.1) is 0 Å². The van der Waals surface area contributed by atoms with Crippen LogP contribution in [0.1, 0.15) is 117 Å². The molecule has 3 nitrogen and oxygen atoms in total. The number of hydrogen-bond acceptors (Lipinski definition) is 3. The van der Waals surface area contributed by atoms with Crippen molar-refractivity contribution in [1.82, 2.24) is 0 Å². The van der Waals surface area contributed by atoms with Gasteiger partial charge in [0.05, 0.1) is 0 Å². The number of ether oxygens (including phenoxy) is 1. The Morgan fingerprint density at radius 1 is 0.560 bits per heavy atom. The molecule has 25 heavy (non-hydrogen) atoms. The molecule has 148 valence electrons. The van der Waals surface area contributed by atoms with Crippen molar-refractivity contribution in [3.05, 3.63) is 24.0 Å². The monoisotopic (exact) mass is 354 g/mol. The molecule has 0 aromatic heterocycles. The fraction of sp³-hybridized carbons (Fsp3) is 0.818. The Hall–Kier alpha value is -1.12. The Bertz CT molecular complexity index is 302. The molecule has 0 aromatic rings. The first-order chi connectivity index (χ1) is 12.3. The van der Waals surface area contributed by atoms with Crippen molar-refractivity contribution >= 4 is 0 Å². The number of hydrogen-bond donors (Lipinski definition) is 2. The van der Waals surface area contributed by atoms with Gasteiger partial charge < -0.3 is 14.9 Å². The van der Waals surface area contributed by atoms with Crippen LogP contribution in [0.2, 0.25) is 0 Å². The van der Waals surface area contributed by atoms with Crippen LogP contribution in [0.25, 0.3) is 0 Å². The second kappa shape index (κ2) is 19.2. The number of unbranched alkanes of at least 4 members (excludes halogenated alkanes) is 12. The number of aliphatic hydroxyl groups excluding tert-OH is 2. The Labute approximate surface area is 156 Å². The second-order valence-electron chi connectivity index (χ2n) is 7.04. The zero-order valence-electron chi connectivity index (χ0n) is 16.8. The summed E-state index contributed by atoms with van der Waals surface area (Å²) in [6.45, 7) is 4.46. The van der Waals surface area contributed by atoms with Gasteiger partial charge in [-0.25, -0.2) is 0 Å². The van der Waals surface area contributed by atoms with E-state index in [4.69, 9.17) is 4.74 Å². The molecule has 0 saturated heterocycles. The summed E-state index contributed by atoms with van der Waals surface area (Å²) >= 11 is 0. The van der Waals surface area contributed by atoms with E-state index in [1.165, 1.54) is 77.0 Å². The SMILES string of the molecule is CCCCCCCCC/C(=C/O)O/C(=C\O)CCCCCCCCC. The minimum atomic E-state index is 0.566. The third-order valence-corrected chi connectivity index (χ3v) is 4.60. The fourth-order valence-corrected chi connectivity index (χ4v) is 2.96. The highest BCUT2D eigenvalue weighted by Crippen LogP contribution is 2.19. The molecule has 0 bridgehead atoms. The predicted molar refractivity (Wildman–Crippen MR) is 108 cm³/mol. The van der Waals surface area contributed by atoms with Gasteiger partial charge in [0.15, 0.2) is 0 Å². The van der Waals surface area contributed by atoms with Gasteiger partial charge in [0.2, 0.25) is 0 Å². The molecule has 0 spiro atoms. The molecule has 0 aromatic carbocycles. The Morgan fingerprint density at radius 3 is 1.20 bits per heavy atom. The maximum atomic E-state index is 9.34. The zero-order chi connectivity index (χ0) is 18.6. The van der Waals surface area contributed by atoms with Crippen LogP contribution in [-0.2, 0) is 4.74 Å². The van der Waals surface area contributed by atoms with Crippen LogP contribution < -0.4 is 0 Å². The summed E-state index contributed by atoms with van der Waals surface area (Å²) in [6, 6.07) is 0. The standard InChI is InChI=1S/C22H42O3/c1-3-5-7-9-11-13-15-17-21(19-23)25-22(20-24)18-16-14-12-10-8-6-4-2/h19-20,23-24H,3-18H2,1-2H3/b21-19-,22-20-. The minimum Gasteiger partial charge on any atom is -0.512 e. The van der Waals surface area contributed by atoms with Gasteiger partial charge in [0, 0.05) is 12.8 Å². The summed E-state index contributed by atoms with van der Waals surface area (Å²) in [5.41, 5.74) is 0. The van der Waals surface area contributed by atoms with Crippen molar-refractivity contribution in [3.8, 4) is 0 Å². The van der Waals surface area contributed by atoms with Gasteiger partial charge in [0.25, 0.3) is 0 Å². The lowest BCUT2D eigenvalue weighted by Gasteiger charge is -2.12. The van der Waals surface area contributed by atoms with Crippen LogP contribution in [0.4, 0.5) is 0 Å². The molecule has 0 fully saturated rings. The van der Waals surface area contributed by atoms with E-state index in [1.54, 1.807) is 0 Å². The number of aliphatic hydroxyl groups is 2.